The Hall–Kier alpha value is -1.71. The van der Waals surface area contributed by atoms with E-state index < -0.39 is 0 Å². The van der Waals surface area contributed by atoms with Crippen LogP contribution in [0.4, 0.5) is 0 Å². The zero-order valence-electron chi connectivity index (χ0n) is 11.5. The minimum absolute atomic E-state index is 0.0134. The van der Waals surface area contributed by atoms with Crippen LogP contribution in [0.2, 0.25) is 10.0 Å². The number of rotatable bonds is 4. The Kier molecular flexibility index (Phi) is 5.10. The molecule has 21 heavy (non-hydrogen) atoms. The molecule has 5 heteroatoms. The van der Waals surface area contributed by atoms with E-state index in [4.69, 9.17) is 23.2 Å². The second-order valence-corrected chi connectivity index (χ2v) is 5.56. The number of aromatic hydroxyl groups is 1. The zero-order chi connectivity index (χ0) is 15.4. The number of amides is 1. The highest BCUT2D eigenvalue weighted by Crippen LogP contribution is 2.22. The van der Waals surface area contributed by atoms with Gasteiger partial charge in [-0.2, -0.15) is 0 Å². The number of para-hydroxylation sites is 1. The summed E-state index contributed by atoms with van der Waals surface area (Å²) in [5.74, 6) is -0.291. The van der Waals surface area contributed by atoms with E-state index in [0.29, 0.717) is 28.6 Å². The van der Waals surface area contributed by atoms with Crippen LogP contribution in [0, 0.1) is 6.92 Å². The fourth-order valence-electron chi connectivity index (χ4n) is 1.97. The molecule has 0 bridgehead atoms. The number of carbonyl (C=O) groups excluding carboxylic acids is 1. The van der Waals surface area contributed by atoms with E-state index in [0.717, 1.165) is 5.56 Å². The lowest BCUT2D eigenvalue weighted by molar-refractivity contribution is 0.0951. The maximum absolute atomic E-state index is 12.0. The van der Waals surface area contributed by atoms with Gasteiger partial charge in [-0.3, -0.25) is 4.79 Å². The Morgan fingerprint density at radius 2 is 2.00 bits per heavy atom. The predicted molar refractivity (Wildman–Crippen MR) is 85.3 cm³/mol. The first kappa shape index (κ1) is 15.7. The first-order valence-electron chi connectivity index (χ1n) is 6.49. The van der Waals surface area contributed by atoms with Gasteiger partial charge >= 0.3 is 0 Å². The zero-order valence-corrected chi connectivity index (χ0v) is 13.0. The van der Waals surface area contributed by atoms with Crippen molar-refractivity contribution in [3.05, 3.63) is 63.1 Å². The number of hydrogen-bond donors (Lipinski definition) is 2. The van der Waals surface area contributed by atoms with Gasteiger partial charge in [-0.25, -0.2) is 0 Å². The number of phenolic OH excluding ortho intramolecular Hbond substituents is 1. The SMILES string of the molecule is Cc1cccc(C(=O)NCCc2ccc(Cl)cc2Cl)c1O. The van der Waals surface area contributed by atoms with E-state index in [1.807, 2.05) is 6.07 Å². The van der Waals surface area contributed by atoms with Gasteiger partial charge in [0.25, 0.3) is 5.91 Å². The van der Waals surface area contributed by atoms with Crippen LogP contribution in [0.25, 0.3) is 0 Å². The van der Waals surface area contributed by atoms with Crippen LogP contribution in [-0.2, 0) is 6.42 Å². The molecular formula is C16H15Cl2NO2. The molecule has 0 heterocycles. The van der Waals surface area contributed by atoms with Crippen LogP contribution < -0.4 is 5.32 Å². The van der Waals surface area contributed by atoms with Crippen LogP contribution in [0.3, 0.4) is 0 Å². The minimum Gasteiger partial charge on any atom is -0.507 e. The highest BCUT2D eigenvalue weighted by molar-refractivity contribution is 6.35. The quantitative estimate of drug-likeness (QED) is 0.894. The Balaban J connectivity index is 1.97. The molecule has 1 amide bonds. The first-order chi connectivity index (χ1) is 9.99. The smallest absolute Gasteiger partial charge is 0.255 e. The van der Waals surface area contributed by atoms with E-state index in [1.165, 1.54) is 0 Å². The Labute approximate surface area is 133 Å². The second kappa shape index (κ2) is 6.83. The Morgan fingerprint density at radius 1 is 1.24 bits per heavy atom. The number of phenols is 1. The molecule has 2 aromatic rings. The molecule has 0 aromatic heterocycles. The van der Waals surface area contributed by atoms with Crippen molar-refractivity contribution in [1.29, 1.82) is 0 Å². The van der Waals surface area contributed by atoms with Crippen molar-refractivity contribution in [1.82, 2.24) is 5.32 Å². The molecule has 0 aliphatic carbocycles. The average molecular weight is 324 g/mol. The molecule has 2 N–H and O–H groups in total. The van der Waals surface area contributed by atoms with Gasteiger partial charge in [0, 0.05) is 16.6 Å². The number of aryl methyl sites for hydroxylation is 1. The van der Waals surface area contributed by atoms with Gasteiger partial charge in [0.15, 0.2) is 0 Å². The molecule has 0 aliphatic heterocycles. The van der Waals surface area contributed by atoms with Crippen LogP contribution in [0.5, 0.6) is 5.75 Å². The molecule has 0 atom stereocenters. The molecule has 2 rings (SSSR count). The summed E-state index contributed by atoms with van der Waals surface area (Å²) in [4.78, 5) is 12.0. The average Bonchev–Trinajstić information content (AvgIpc) is 2.44. The van der Waals surface area contributed by atoms with Gasteiger partial charge < -0.3 is 10.4 Å². The second-order valence-electron chi connectivity index (χ2n) is 4.71. The molecule has 0 fully saturated rings. The minimum atomic E-state index is -0.304. The summed E-state index contributed by atoms with van der Waals surface area (Å²) in [6.45, 7) is 2.17. The summed E-state index contributed by atoms with van der Waals surface area (Å²) in [5, 5.41) is 13.8. The van der Waals surface area contributed by atoms with E-state index in [1.54, 1.807) is 37.3 Å². The fraction of sp³-hybridized carbons (Fsp3) is 0.188. The standard InChI is InChI=1S/C16H15Cl2NO2/c1-10-3-2-4-13(15(10)20)16(21)19-8-7-11-5-6-12(17)9-14(11)18/h2-6,9,20H,7-8H2,1H3,(H,19,21). The van der Waals surface area contributed by atoms with E-state index in [2.05, 4.69) is 5.32 Å². The Morgan fingerprint density at radius 3 is 2.71 bits per heavy atom. The Bertz CT molecular complexity index is 671. The van der Waals surface area contributed by atoms with Crippen LogP contribution in [0.15, 0.2) is 36.4 Å². The lowest BCUT2D eigenvalue weighted by Gasteiger charge is -2.09. The predicted octanol–water partition coefficient (Wildman–Crippen LogP) is 3.98. The largest absolute Gasteiger partial charge is 0.507 e. The topological polar surface area (TPSA) is 49.3 Å². The van der Waals surface area contributed by atoms with Gasteiger partial charge in [-0.05, 0) is 42.7 Å². The van der Waals surface area contributed by atoms with Crippen molar-refractivity contribution < 1.29 is 9.90 Å². The third kappa shape index (κ3) is 3.90. The summed E-state index contributed by atoms with van der Waals surface area (Å²) >= 11 is 11.9. The molecule has 2 aromatic carbocycles. The van der Waals surface area contributed by atoms with E-state index in [9.17, 15) is 9.90 Å². The number of hydrogen-bond acceptors (Lipinski definition) is 2. The lowest BCUT2D eigenvalue weighted by atomic mass is 10.1. The molecule has 0 saturated carbocycles. The van der Waals surface area contributed by atoms with Crippen molar-refractivity contribution in [3.63, 3.8) is 0 Å². The molecule has 0 spiro atoms. The van der Waals surface area contributed by atoms with Crippen molar-refractivity contribution in [2.75, 3.05) is 6.54 Å². The number of carbonyl (C=O) groups is 1. The highest BCUT2D eigenvalue weighted by atomic mass is 35.5. The maximum atomic E-state index is 12.0. The van der Waals surface area contributed by atoms with Gasteiger partial charge in [0.1, 0.15) is 5.75 Å². The molecular weight excluding hydrogens is 309 g/mol. The molecule has 0 unspecified atom stereocenters. The van der Waals surface area contributed by atoms with Crippen molar-refractivity contribution in [3.8, 4) is 5.75 Å². The highest BCUT2D eigenvalue weighted by Gasteiger charge is 2.12. The monoisotopic (exact) mass is 323 g/mol. The number of nitrogens with one attached hydrogen (secondary N) is 1. The fourth-order valence-corrected chi connectivity index (χ4v) is 2.48. The summed E-state index contributed by atoms with van der Waals surface area (Å²) < 4.78 is 0. The van der Waals surface area contributed by atoms with Crippen LogP contribution in [0.1, 0.15) is 21.5 Å². The van der Waals surface area contributed by atoms with Crippen molar-refractivity contribution >= 4 is 29.1 Å². The summed E-state index contributed by atoms with van der Waals surface area (Å²) in [6, 6.07) is 10.3. The van der Waals surface area contributed by atoms with Crippen LogP contribution in [-0.4, -0.2) is 17.6 Å². The first-order valence-corrected chi connectivity index (χ1v) is 7.25. The third-order valence-electron chi connectivity index (χ3n) is 3.18. The molecule has 0 aliphatic rings. The van der Waals surface area contributed by atoms with E-state index >= 15 is 0 Å². The molecule has 0 radical (unpaired) electrons. The van der Waals surface area contributed by atoms with Crippen molar-refractivity contribution in [2.45, 2.75) is 13.3 Å². The van der Waals surface area contributed by atoms with Gasteiger partial charge in [0.05, 0.1) is 5.56 Å². The van der Waals surface area contributed by atoms with Gasteiger partial charge in [-0.1, -0.05) is 41.4 Å². The van der Waals surface area contributed by atoms with E-state index in [-0.39, 0.29) is 17.2 Å². The molecule has 110 valence electrons. The summed E-state index contributed by atoms with van der Waals surface area (Å²) in [5.41, 5.74) is 1.86. The van der Waals surface area contributed by atoms with Gasteiger partial charge in [-0.15, -0.1) is 0 Å². The maximum Gasteiger partial charge on any atom is 0.255 e. The normalized spacial score (nSPS) is 10.4. The van der Waals surface area contributed by atoms with Gasteiger partial charge in [0.2, 0.25) is 0 Å². The summed E-state index contributed by atoms with van der Waals surface area (Å²) in [7, 11) is 0. The molecule has 3 nitrogen and oxygen atoms in total. The number of halogens is 2. The lowest BCUT2D eigenvalue weighted by Crippen LogP contribution is -2.25. The van der Waals surface area contributed by atoms with Crippen LogP contribution >= 0.6 is 23.2 Å². The van der Waals surface area contributed by atoms with Crippen molar-refractivity contribution in [2.24, 2.45) is 0 Å². The summed E-state index contributed by atoms with van der Waals surface area (Å²) in [6.07, 6.45) is 0.592. The third-order valence-corrected chi connectivity index (χ3v) is 3.76. The molecule has 0 saturated heterocycles. The number of benzene rings is 2.